The summed E-state index contributed by atoms with van der Waals surface area (Å²) in [5.41, 5.74) is 1.65. The third-order valence-electron chi connectivity index (χ3n) is 2.91. The fourth-order valence-electron chi connectivity index (χ4n) is 1.90. The number of carbonyl (C=O) groups excluding carboxylic acids is 1. The molecule has 106 valence electrons. The van der Waals surface area contributed by atoms with Gasteiger partial charge in [0.1, 0.15) is 11.6 Å². The molecular weight excluding hydrogens is 259 g/mol. The van der Waals surface area contributed by atoms with Gasteiger partial charge in [0.15, 0.2) is 0 Å². The molecule has 0 radical (unpaired) electrons. The van der Waals surface area contributed by atoms with Gasteiger partial charge in [0.2, 0.25) is 5.91 Å². The van der Waals surface area contributed by atoms with E-state index in [9.17, 15) is 9.18 Å². The van der Waals surface area contributed by atoms with Crippen molar-refractivity contribution < 1.29 is 13.7 Å². The molecule has 0 unspecified atom stereocenters. The van der Waals surface area contributed by atoms with E-state index in [1.807, 2.05) is 19.1 Å². The average Bonchev–Trinajstić information content (AvgIpc) is 2.82. The van der Waals surface area contributed by atoms with Crippen LogP contribution in [0.4, 0.5) is 4.39 Å². The Morgan fingerprint density at radius 3 is 2.90 bits per heavy atom. The lowest BCUT2D eigenvalue weighted by atomic mass is 10.1. The number of nitrogens with zero attached hydrogens (tertiary/aromatic N) is 1. The molecule has 0 aliphatic heterocycles. The number of carbonyl (C=O) groups is 1. The molecule has 5 heteroatoms. The third-order valence-corrected chi connectivity index (χ3v) is 2.91. The Hall–Kier alpha value is -2.17. The topological polar surface area (TPSA) is 55.1 Å². The van der Waals surface area contributed by atoms with Crippen molar-refractivity contribution in [3.8, 4) is 0 Å². The lowest BCUT2D eigenvalue weighted by Crippen LogP contribution is -2.25. The van der Waals surface area contributed by atoms with E-state index in [1.54, 1.807) is 6.07 Å². The number of hydrogen-bond donors (Lipinski definition) is 1. The molecule has 4 nitrogen and oxygen atoms in total. The standard InChI is InChI=1S/C15H17FN2O2/c1-11-9-14(18-20-11)7-8-17-15(19)6-5-12-3-2-4-13(16)10-12/h2-4,9-10H,5-8H2,1H3,(H,17,19). The van der Waals surface area contributed by atoms with Crippen LogP contribution in [-0.2, 0) is 17.6 Å². The molecule has 2 aromatic rings. The zero-order valence-electron chi connectivity index (χ0n) is 11.4. The number of halogens is 1. The predicted octanol–water partition coefficient (Wildman–Crippen LogP) is 2.41. The van der Waals surface area contributed by atoms with Gasteiger partial charge in [-0.25, -0.2) is 4.39 Å². The van der Waals surface area contributed by atoms with Gasteiger partial charge < -0.3 is 9.84 Å². The zero-order chi connectivity index (χ0) is 14.4. The smallest absolute Gasteiger partial charge is 0.220 e. The molecule has 1 aromatic carbocycles. The van der Waals surface area contributed by atoms with Crippen LogP contribution in [0, 0.1) is 12.7 Å². The highest BCUT2D eigenvalue weighted by atomic mass is 19.1. The lowest BCUT2D eigenvalue weighted by molar-refractivity contribution is -0.121. The van der Waals surface area contributed by atoms with E-state index in [4.69, 9.17) is 4.52 Å². The van der Waals surface area contributed by atoms with E-state index >= 15 is 0 Å². The Labute approximate surface area is 117 Å². The van der Waals surface area contributed by atoms with E-state index < -0.39 is 0 Å². The molecule has 0 saturated carbocycles. The molecule has 1 aromatic heterocycles. The van der Waals surface area contributed by atoms with Crippen LogP contribution >= 0.6 is 0 Å². The average molecular weight is 276 g/mol. The SMILES string of the molecule is Cc1cc(CCNC(=O)CCc2cccc(F)c2)no1. The maximum Gasteiger partial charge on any atom is 0.220 e. The van der Waals surface area contributed by atoms with Gasteiger partial charge in [0.05, 0.1) is 5.69 Å². The molecule has 0 aliphatic rings. The molecule has 0 atom stereocenters. The molecule has 0 spiro atoms. The summed E-state index contributed by atoms with van der Waals surface area (Å²) in [6.07, 6.45) is 1.52. The summed E-state index contributed by atoms with van der Waals surface area (Å²) in [5, 5.41) is 6.66. The molecule has 0 aliphatic carbocycles. The van der Waals surface area contributed by atoms with Crippen LogP contribution in [0.5, 0.6) is 0 Å². The quantitative estimate of drug-likeness (QED) is 0.881. The van der Waals surface area contributed by atoms with Crippen LogP contribution in [0.3, 0.4) is 0 Å². The summed E-state index contributed by atoms with van der Waals surface area (Å²) < 4.78 is 17.9. The number of benzene rings is 1. The van der Waals surface area contributed by atoms with Gasteiger partial charge in [-0.05, 0) is 31.0 Å². The van der Waals surface area contributed by atoms with E-state index in [0.717, 1.165) is 17.0 Å². The second-order valence-electron chi connectivity index (χ2n) is 4.66. The highest BCUT2D eigenvalue weighted by Gasteiger charge is 2.04. The van der Waals surface area contributed by atoms with Crippen molar-refractivity contribution in [2.24, 2.45) is 0 Å². The van der Waals surface area contributed by atoms with Gasteiger partial charge in [-0.15, -0.1) is 0 Å². The Kier molecular flexibility index (Phi) is 4.87. The second kappa shape index (κ2) is 6.84. The van der Waals surface area contributed by atoms with Crippen LogP contribution in [0.15, 0.2) is 34.9 Å². The molecule has 1 heterocycles. The van der Waals surface area contributed by atoms with Gasteiger partial charge in [-0.3, -0.25) is 4.79 Å². The molecule has 1 N–H and O–H groups in total. The van der Waals surface area contributed by atoms with Gasteiger partial charge in [-0.1, -0.05) is 17.3 Å². The molecule has 1 amide bonds. The summed E-state index contributed by atoms with van der Waals surface area (Å²) in [4.78, 5) is 11.6. The minimum atomic E-state index is -0.274. The van der Waals surface area contributed by atoms with Crippen molar-refractivity contribution in [1.82, 2.24) is 10.5 Å². The maximum atomic E-state index is 13.0. The van der Waals surface area contributed by atoms with Gasteiger partial charge in [0, 0.05) is 25.5 Å². The number of aryl methyl sites for hydroxylation is 2. The first kappa shape index (κ1) is 14.2. The van der Waals surface area contributed by atoms with Crippen LogP contribution in [0.25, 0.3) is 0 Å². The summed E-state index contributed by atoms with van der Waals surface area (Å²) in [6.45, 7) is 2.35. The lowest BCUT2D eigenvalue weighted by Gasteiger charge is -2.04. The molecule has 20 heavy (non-hydrogen) atoms. The fourth-order valence-corrected chi connectivity index (χ4v) is 1.90. The molecule has 0 fully saturated rings. The van der Waals surface area contributed by atoms with Gasteiger partial charge in [-0.2, -0.15) is 0 Å². The molecular formula is C15H17FN2O2. The Morgan fingerprint density at radius 2 is 2.20 bits per heavy atom. The highest BCUT2D eigenvalue weighted by molar-refractivity contribution is 5.76. The predicted molar refractivity (Wildman–Crippen MR) is 72.7 cm³/mol. The molecule has 0 bridgehead atoms. The van der Waals surface area contributed by atoms with Gasteiger partial charge >= 0.3 is 0 Å². The number of rotatable bonds is 6. The van der Waals surface area contributed by atoms with Crippen molar-refractivity contribution in [1.29, 1.82) is 0 Å². The van der Waals surface area contributed by atoms with Crippen molar-refractivity contribution >= 4 is 5.91 Å². The second-order valence-corrected chi connectivity index (χ2v) is 4.66. The largest absolute Gasteiger partial charge is 0.361 e. The van der Waals surface area contributed by atoms with E-state index in [0.29, 0.717) is 25.8 Å². The summed E-state index contributed by atoms with van der Waals surface area (Å²) in [6, 6.07) is 8.15. The van der Waals surface area contributed by atoms with Crippen molar-refractivity contribution in [3.05, 3.63) is 53.2 Å². The molecule has 2 rings (SSSR count). The number of hydrogen-bond acceptors (Lipinski definition) is 3. The highest BCUT2D eigenvalue weighted by Crippen LogP contribution is 2.06. The number of nitrogens with one attached hydrogen (secondary N) is 1. The molecule has 0 saturated heterocycles. The minimum Gasteiger partial charge on any atom is -0.361 e. The monoisotopic (exact) mass is 276 g/mol. The Bertz CT molecular complexity index is 581. The van der Waals surface area contributed by atoms with E-state index in [2.05, 4.69) is 10.5 Å². The normalized spacial score (nSPS) is 10.5. The van der Waals surface area contributed by atoms with Crippen molar-refractivity contribution in [2.45, 2.75) is 26.2 Å². The van der Waals surface area contributed by atoms with Crippen LogP contribution in [0.1, 0.15) is 23.4 Å². The maximum absolute atomic E-state index is 13.0. The summed E-state index contributed by atoms with van der Waals surface area (Å²) in [7, 11) is 0. The van der Waals surface area contributed by atoms with Gasteiger partial charge in [0.25, 0.3) is 0 Å². The Balaban J connectivity index is 1.68. The van der Waals surface area contributed by atoms with Crippen LogP contribution in [0.2, 0.25) is 0 Å². The number of amides is 1. The first-order chi connectivity index (χ1) is 9.63. The zero-order valence-corrected chi connectivity index (χ0v) is 11.4. The fraction of sp³-hybridized carbons (Fsp3) is 0.333. The van der Waals surface area contributed by atoms with E-state index in [1.165, 1.54) is 12.1 Å². The first-order valence-electron chi connectivity index (χ1n) is 6.57. The van der Waals surface area contributed by atoms with Crippen LogP contribution in [-0.4, -0.2) is 17.6 Å². The Morgan fingerprint density at radius 1 is 1.35 bits per heavy atom. The number of aromatic nitrogens is 1. The van der Waals surface area contributed by atoms with E-state index in [-0.39, 0.29) is 11.7 Å². The summed E-state index contributed by atoms with van der Waals surface area (Å²) >= 11 is 0. The van der Waals surface area contributed by atoms with Crippen LogP contribution < -0.4 is 5.32 Å². The van der Waals surface area contributed by atoms with Crippen molar-refractivity contribution in [3.63, 3.8) is 0 Å². The third kappa shape index (κ3) is 4.50. The van der Waals surface area contributed by atoms with Crippen molar-refractivity contribution in [2.75, 3.05) is 6.54 Å². The summed E-state index contributed by atoms with van der Waals surface area (Å²) in [5.74, 6) is 0.441. The first-order valence-corrected chi connectivity index (χ1v) is 6.57. The minimum absolute atomic E-state index is 0.0468.